The van der Waals surface area contributed by atoms with Crippen LogP contribution in [0.15, 0.2) is 29.1 Å². The largest absolute Gasteiger partial charge is 0.494 e. The SMILES string of the molecule is CCOc1ccc(-c2[c-]cc(I)c(=O)n2CC)c(F)c1.[Y]. The van der Waals surface area contributed by atoms with Crippen LogP contribution < -0.4 is 10.3 Å². The molecule has 1 aromatic carbocycles. The van der Waals surface area contributed by atoms with Crippen molar-refractivity contribution in [1.82, 2.24) is 4.57 Å². The Morgan fingerprint density at radius 1 is 1.38 bits per heavy atom. The first-order chi connectivity index (χ1) is 9.58. The number of hydrogen-bond acceptors (Lipinski definition) is 2. The molecule has 3 nitrogen and oxygen atoms in total. The zero-order valence-electron chi connectivity index (χ0n) is 11.8. The second-order valence-corrected chi connectivity index (χ2v) is 5.27. The van der Waals surface area contributed by atoms with Crippen molar-refractivity contribution in [3.8, 4) is 17.0 Å². The van der Waals surface area contributed by atoms with Gasteiger partial charge in [0, 0.05) is 45.3 Å². The van der Waals surface area contributed by atoms with E-state index in [1.807, 2.05) is 36.4 Å². The Balaban J connectivity index is 0.00000220. The van der Waals surface area contributed by atoms with Crippen molar-refractivity contribution in [3.05, 3.63) is 50.1 Å². The minimum atomic E-state index is -0.421. The molecular formula is C15H14FINO2Y-. The minimum absolute atomic E-state index is 0. The summed E-state index contributed by atoms with van der Waals surface area (Å²) >= 11 is 1.96. The van der Waals surface area contributed by atoms with Crippen molar-refractivity contribution in [1.29, 1.82) is 0 Å². The van der Waals surface area contributed by atoms with Gasteiger partial charge >= 0.3 is 0 Å². The summed E-state index contributed by atoms with van der Waals surface area (Å²) < 4.78 is 21.5. The normalized spacial score (nSPS) is 10.1. The quantitative estimate of drug-likeness (QED) is 0.502. The van der Waals surface area contributed by atoms with E-state index in [1.54, 1.807) is 18.2 Å². The molecule has 0 unspecified atom stereocenters. The number of aromatic nitrogens is 1. The molecule has 109 valence electrons. The maximum Gasteiger partial charge on any atom is 0.207 e. The average molecular weight is 475 g/mol. The molecule has 0 spiro atoms. The fourth-order valence-corrected chi connectivity index (χ4v) is 2.42. The summed E-state index contributed by atoms with van der Waals surface area (Å²) in [6.45, 7) is 4.64. The Hall–Kier alpha value is -0.266. The van der Waals surface area contributed by atoms with Crippen LogP contribution in [0.25, 0.3) is 11.3 Å². The number of hydrogen-bond donors (Lipinski definition) is 0. The molecule has 0 saturated carbocycles. The van der Waals surface area contributed by atoms with Gasteiger partial charge in [-0.3, -0.25) is 4.79 Å². The predicted molar refractivity (Wildman–Crippen MR) is 84.5 cm³/mol. The first kappa shape index (κ1) is 18.8. The van der Waals surface area contributed by atoms with Crippen LogP contribution in [-0.4, -0.2) is 11.2 Å². The molecule has 1 heterocycles. The summed E-state index contributed by atoms with van der Waals surface area (Å²) in [4.78, 5) is 12.1. The van der Waals surface area contributed by atoms with E-state index in [4.69, 9.17) is 4.74 Å². The molecular weight excluding hydrogens is 461 g/mol. The van der Waals surface area contributed by atoms with E-state index in [2.05, 4.69) is 6.07 Å². The Morgan fingerprint density at radius 3 is 2.67 bits per heavy atom. The maximum atomic E-state index is 14.2. The summed E-state index contributed by atoms with van der Waals surface area (Å²) in [5.74, 6) is 0.0552. The van der Waals surface area contributed by atoms with Gasteiger partial charge in [0.25, 0.3) is 0 Å². The standard InChI is InChI=1S/C15H14FINO2.Y/c1-3-18-14(8-7-13(17)15(18)19)11-6-5-10(20-4-2)9-12(11)16;/h5-7,9H,3-4H2,1-2H3;/q-1;. The van der Waals surface area contributed by atoms with E-state index in [0.29, 0.717) is 33.7 Å². The number of rotatable bonds is 4. The Morgan fingerprint density at radius 2 is 2.10 bits per heavy atom. The minimum Gasteiger partial charge on any atom is -0.494 e. The first-order valence-corrected chi connectivity index (χ1v) is 7.40. The van der Waals surface area contributed by atoms with Crippen LogP contribution in [0.2, 0.25) is 0 Å². The summed E-state index contributed by atoms with van der Waals surface area (Å²) in [7, 11) is 0. The number of ether oxygens (including phenoxy) is 1. The summed E-state index contributed by atoms with van der Waals surface area (Å²) in [6, 6.07) is 9.20. The van der Waals surface area contributed by atoms with E-state index in [0.717, 1.165) is 0 Å². The van der Waals surface area contributed by atoms with E-state index in [9.17, 15) is 9.18 Å². The molecule has 6 heteroatoms. The van der Waals surface area contributed by atoms with Crippen molar-refractivity contribution in [3.63, 3.8) is 0 Å². The van der Waals surface area contributed by atoms with E-state index >= 15 is 0 Å². The predicted octanol–water partition coefficient (Wildman–Crippen LogP) is 3.48. The molecule has 2 rings (SSSR count). The monoisotopic (exact) mass is 475 g/mol. The summed E-state index contributed by atoms with van der Waals surface area (Å²) in [6.07, 6.45) is 0. The molecule has 0 bridgehead atoms. The summed E-state index contributed by atoms with van der Waals surface area (Å²) in [5.41, 5.74) is 0.678. The second-order valence-electron chi connectivity index (χ2n) is 4.11. The third-order valence-electron chi connectivity index (χ3n) is 2.88. The number of pyridine rings is 1. The molecule has 0 aliphatic carbocycles. The van der Waals surface area contributed by atoms with E-state index < -0.39 is 5.82 Å². The van der Waals surface area contributed by atoms with E-state index in [1.165, 1.54) is 10.6 Å². The molecule has 1 radical (unpaired) electrons. The smallest absolute Gasteiger partial charge is 0.207 e. The molecule has 21 heavy (non-hydrogen) atoms. The van der Waals surface area contributed by atoms with Crippen LogP contribution in [0, 0.1) is 15.5 Å². The third-order valence-corrected chi connectivity index (χ3v) is 3.65. The number of nitrogens with zero attached hydrogens (tertiary/aromatic N) is 1. The van der Waals surface area contributed by atoms with Gasteiger partial charge in [0.1, 0.15) is 5.75 Å². The van der Waals surface area contributed by atoms with Crippen molar-refractivity contribution >= 4 is 22.6 Å². The fraction of sp³-hybridized carbons (Fsp3) is 0.267. The number of benzene rings is 1. The zero-order chi connectivity index (χ0) is 14.7. The molecule has 0 aliphatic heterocycles. The van der Waals surface area contributed by atoms with Crippen LogP contribution in [0.3, 0.4) is 0 Å². The molecule has 1 aromatic heterocycles. The Kier molecular flexibility index (Phi) is 7.50. The van der Waals surface area contributed by atoms with Gasteiger partial charge in [-0.15, -0.1) is 28.7 Å². The van der Waals surface area contributed by atoms with Gasteiger partial charge in [0.2, 0.25) is 5.56 Å². The van der Waals surface area contributed by atoms with Crippen LogP contribution in [0.4, 0.5) is 4.39 Å². The van der Waals surface area contributed by atoms with Gasteiger partial charge in [-0.05, 0) is 23.5 Å². The van der Waals surface area contributed by atoms with Gasteiger partial charge in [0.15, 0.2) is 0 Å². The van der Waals surface area contributed by atoms with Gasteiger partial charge in [-0.25, -0.2) is 4.39 Å². The van der Waals surface area contributed by atoms with Crippen molar-refractivity contribution < 1.29 is 41.8 Å². The Bertz CT molecular complexity index is 688. The topological polar surface area (TPSA) is 31.2 Å². The third kappa shape index (κ3) is 4.14. The molecule has 0 atom stereocenters. The van der Waals surface area contributed by atoms with Gasteiger partial charge in [0.05, 0.1) is 12.4 Å². The molecule has 2 aromatic rings. The van der Waals surface area contributed by atoms with Crippen LogP contribution in [-0.2, 0) is 39.3 Å². The van der Waals surface area contributed by atoms with Crippen LogP contribution >= 0.6 is 22.6 Å². The van der Waals surface area contributed by atoms with Crippen molar-refractivity contribution in [2.75, 3.05) is 6.61 Å². The van der Waals surface area contributed by atoms with Crippen LogP contribution in [0.5, 0.6) is 5.75 Å². The average Bonchev–Trinajstić information content (AvgIpc) is 2.43. The van der Waals surface area contributed by atoms with Gasteiger partial charge in [-0.1, -0.05) is 11.3 Å². The molecule has 0 saturated heterocycles. The van der Waals surface area contributed by atoms with Crippen LogP contribution in [0.1, 0.15) is 13.8 Å². The Labute approximate surface area is 161 Å². The summed E-state index contributed by atoms with van der Waals surface area (Å²) in [5, 5.41) is 0. The van der Waals surface area contributed by atoms with Crippen molar-refractivity contribution in [2.45, 2.75) is 20.4 Å². The number of halogens is 2. The molecule has 0 fully saturated rings. The molecule has 0 aliphatic rings. The van der Waals surface area contributed by atoms with Gasteiger partial charge < -0.3 is 9.30 Å². The van der Waals surface area contributed by atoms with E-state index in [-0.39, 0.29) is 38.3 Å². The first-order valence-electron chi connectivity index (χ1n) is 6.32. The zero-order valence-corrected chi connectivity index (χ0v) is 16.8. The molecule has 0 amide bonds. The fourth-order valence-electron chi connectivity index (χ4n) is 1.97. The van der Waals surface area contributed by atoms with Gasteiger partial charge in [-0.2, -0.15) is 12.1 Å². The van der Waals surface area contributed by atoms with Crippen molar-refractivity contribution in [2.24, 2.45) is 0 Å². The second kappa shape index (κ2) is 8.39. The molecule has 0 N–H and O–H groups in total. The maximum absolute atomic E-state index is 14.2.